The highest BCUT2D eigenvalue weighted by atomic mass is 16.6. The summed E-state index contributed by atoms with van der Waals surface area (Å²) >= 11 is 0. The van der Waals surface area contributed by atoms with Crippen LogP contribution >= 0.6 is 0 Å². The van der Waals surface area contributed by atoms with Crippen LogP contribution in [-0.4, -0.2) is 64.4 Å². The van der Waals surface area contributed by atoms with Gasteiger partial charge in [-0.15, -0.1) is 0 Å². The fourth-order valence-corrected chi connectivity index (χ4v) is 6.82. The van der Waals surface area contributed by atoms with Crippen molar-refractivity contribution in [1.29, 1.82) is 0 Å². The molecule has 1 saturated heterocycles. The molecule has 0 aliphatic carbocycles. The second-order valence-corrected chi connectivity index (χ2v) is 15.0. The van der Waals surface area contributed by atoms with Crippen molar-refractivity contribution in [3.63, 3.8) is 0 Å². The van der Waals surface area contributed by atoms with Crippen LogP contribution in [0.3, 0.4) is 0 Å². The quantitative estimate of drug-likeness (QED) is 0.0775. The summed E-state index contributed by atoms with van der Waals surface area (Å²) in [6.45, 7) is 16.4. The number of esters is 3. The minimum atomic E-state index is -1.90. The van der Waals surface area contributed by atoms with Crippen LogP contribution in [0.1, 0.15) is 121 Å². The SMILES string of the molecule is Cc1c(C)c2c(c(C)c1OC(=O)/C=C/C(=O)OC1C(=O)OC(C(O)CO)C1=O)CCC(C)(CCCC(C)CCCC(C)CCCC(C)C)O2. The highest BCUT2D eigenvalue weighted by molar-refractivity contribution is 6.11. The number of hydrogen-bond donors (Lipinski definition) is 2. The van der Waals surface area contributed by atoms with Gasteiger partial charge in [-0.1, -0.05) is 72.6 Å². The number of rotatable bonds is 18. The highest BCUT2D eigenvalue weighted by Gasteiger charge is 2.49. The van der Waals surface area contributed by atoms with Crippen LogP contribution in [-0.2, 0) is 35.1 Å². The molecule has 0 saturated carbocycles. The predicted octanol–water partition coefficient (Wildman–Crippen LogP) is 6.36. The standard InChI is InChI=1S/C39H58O10/c1-23(2)12-9-13-24(3)14-10-15-25(4)16-11-20-39(8)21-19-29-28(7)34(26(5)27(6)35(29)49-39)46-31(42)17-18-32(43)47-37-33(44)36(30(41)22-40)48-38(37)45/h17-18,23-25,30,36-37,40-41H,9-16,19-22H2,1-8H3/b18-17+. The summed E-state index contributed by atoms with van der Waals surface area (Å²) in [6, 6.07) is 0. The van der Waals surface area contributed by atoms with E-state index in [-0.39, 0.29) is 5.60 Å². The molecule has 0 amide bonds. The van der Waals surface area contributed by atoms with Gasteiger partial charge in [-0.25, -0.2) is 14.4 Å². The van der Waals surface area contributed by atoms with Crippen molar-refractivity contribution in [1.82, 2.24) is 0 Å². The average Bonchev–Trinajstić information content (AvgIpc) is 3.32. The molecule has 0 spiro atoms. The number of carbonyl (C=O) groups excluding carboxylic acids is 4. The summed E-state index contributed by atoms with van der Waals surface area (Å²) in [5, 5.41) is 18.6. The molecule has 49 heavy (non-hydrogen) atoms. The zero-order chi connectivity index (χ0) is 36.5. The molecule has 1 aromatic carbocycles. The Hall–Kier alpha value is -3.24. The maximum Gasteiger partial charge on any atom is 0.356 e. The van der Waals surface area contributed by atoms with Gasteiger partial charge < -0.3 is 29.2 Å². The van der Waals surface area contributed by atoms with Gasteiger partial charge in [0, 0.05) is 17.7 Å². The molecule has 3 rings (SSSR count). The minimum Gasteiger partial charge on any atom is -0.487 e. The van der Waals surface area contributed by atoms with Gasteiger partial charge in [-0.2, -0.15) is 0 Å². The van der Waals surface area contributed by atoms with Crippen LogP contribution in [0.2, 0.25) is 0 Å². The summed E-state index contributed by atoms with van der Waals surface area (Å²) in [4.78, 5) is 49.2. The van der Waals surface area contributed by atoms with Gasteiger partial charge >= 0.3 is 17.9 Å². The summed E-state index contributed by atoms with van der Waals surface area (Å²) in [6.07, 6.45) is 9.24. The number of benzene rings is 1. The number of ether oxygens (including phenoxy) is 4. The molecule has 0 aromatic heterocycles. The Bertz CT molecular complexity index is 1360. The zero-order valence-electron chi connectivity index (χ0n) is 30.8. The summed E-state index contributed by atoms with van der Waals surface area (Å²) in [5.41, 5.74) is 3.17. The van der Waals surface area contributed by atoms with E-state index in [0.29, 0.717) is 11.7 Å². The molecular formula is C39H58O10. The maximum absolute atomic E-state index is 12.7. The molecule has 2 heterocycles. The van der Waals surface area contributed by atoms with Crippen molar-refractivity contribution in [2.75, 3.05) is 6.61 Å². The van der Waals surface area contributed by atoms with E-state index in [1.165, 1.54) is 44.9 Å². The molecule has 6 atom stereocenters. The van der Waals surface area contributed by atoms with Crippen molar-refractivity contribution < 1.29 is 48.3 Å². The lowest BCUT2D eigenvalue weighted by molar-refractivity contribution is -0.159. The first-order valence-corrected chi connectivity index (χ1v) is 18.0. The van der Waals surface area contributed by atoms with Gasteiger partial charge in [0.2, 0.25) is 5.78 Å². The molecule has 274 valence electrons. The van der Waals surface area contributed by atoms with Crippen LogP contribution in [0, 0.1) is 38.5 Å². The Morgan fingerprint density at radius 1 is 0.898 bits per heavy atom. The number of fused-ring (bicyclic) bond motifs is 1. The third-order valence-corrected chi connectivity index (χ3v) is 10.2. The van der Waals surface area contributed by atoms with Crippen LogP contribution in [0.4, 0.5) is 0 Å². The summed E-state index contributed by atoms with van der Waals surface area (Å²) in [7, 11) is 0. The predicted molar refractivity (Wildman–Crippen MR) is 185 cm³/mol. The maximum atomic E-state index is 12.7. The third-order valence-electron chi connectivity index (χ3n) is 10.2. The van der Waals surface area contributed by atoms with E-state index in [0.717, 1.165) is 77.7 Å². The normalized spacial score (nSPS) is 22.4. The molecule has 6 unspecified atom stereocenters. The van der Waals surface area contributed by atoms with E-state index in [9.17, 15) is 24.3 Å². The summed E-state index contributed by atoms with van der Waals surface area (Å²) < 4.78 is 21.9. The van der Waals surface area contributed by atoms with Gasteiger partial charge in [0.1, 0.15) is 23.2 Å². The van der Waals surface area contributed by atoms with Crippen molar-refractivity contribution in [2.24, 2.45) is 17.8 Å². The van der Waals surface area contributed by atoms with Gasteiger partial charge in [-0.05, 0) is 87.8 Å². The fraction of sp³-hybridized carbons (Fsp3) is 0.692. The Morgan fingerprint density at radius 3 is 2.10 bits per heavy atom. The van der Waals surface area contributed by atoms with E-state index >= 15 is 0 Å². The van der Waals surface area contributed by atoms with E-state index in [2.05, 4.69) is 34.6 Å². The molecule has 10 heteroatoms. The van der Waals surface area contributed by atoms with Crippen LogP contribution in [0.15, 0.2) is 12.2 Å². The van der Waals surface area contributed by atoms with Gasteiger partial charge in [0.15, 0.2) is 6.10 Å². The topological polar surface area (TPSA) is 146 Å². The van der Waals surface area contributed by atoms with Crippen LogP contribution in [0.25, 0.3) is 0 Å². The number of Topliss-reactive ketones (excluding diaryl/α,β-unsaturated/α-hetero) is 1. The minimum absolute atomic E-state index is 0.272. The Balaban J connectivity index is 1.52. The lowest BCUT2D eigenvalue weighted by Gasteiger charge is -2.38. The fourth-order valence-electron chi connectivity index (χ4n) is 6.82. The molecule has 1 aromatic rings. The van der Waals surface area contributed by atoms with Crippen molar-refractivity contribution in [2.45, 2.75) is 150 Å². The molecule has 10 nitrogen and oxygen atoms in total. The number of cyclic esters (lactones) is 1. The number of aliphatic hydroxyl groups is 2. The zero-order valence-corrected chi connectivity index (χ0v) is 30.8. The van der Waals surface area contributed by atoms with Crippen molar-refractivity contribution in [3.8, 4) is 11.5 Å². The van der Waals surface area contributed by atoms with Gasteiger partial charge in [0.25, 0.3) is 6.10 Å². The highest BCUT2D eigenvalue weighted by Crippen LogP contribution is 2.45. The second kappa shape index (κ2) is 18.1. The molecule has 2 aliphatic rings. The first-order chi connectivity index (χ1) is 23.1. The van der Waals surface area contributed by atoms with Crippen LogP contribution < -0.4 is 9.47 Å². The number of aliphatic hydroxyl groups excluding tert-OH is 2. The smallest absolute Gasteiger partial charge is 0.356 e. The first kappa shape index (κ1) is 40.2. The Morgan fingerprint density at radius 2 is 1.49 bits per heavy atom. The third kappa shape index (κ3) is 11.1. The molecule has 1 fully saturated rings. The van der Waals surface area contributed by atoms with Crippen LogP contribution in [0.5, 0.6) is 11.5 Å². The molecule has 0 radical (unpaired) electrons. The molecule has 2 aliphatic heterocycles. The first-order valence-electron chi connectivity index (χ1n) is 18.0. The molecule has 0 bridgehead atoms. The van der Waals surface area contributed by atoms with E-state index in [1.54, 1.807) is 0 Å². The molecule has 2 N–H and O–H groups in total. The van der Waals surface area contributed by atoms with Crippen molar-refractivity contribution in [3.05, 3.63) is 34.4 Å². The largest absolute Gasteiger partial charge is 0.487 e. The molecular weight excluding hydrogens is 628 g/mol. The lowest BCUT2D eigenvalue weighted by atomic mass is 9.83. The van der Waals surface area contributed by atoms with Gasteiger partial charge in [-0.3, -0.25) is 4.79 Å². The number of ketones is 1. The van der Waals surface area contributed by atoms with Gasteiger partial charge in [0.05, 0.1) is 6.61 Å². The van der Waals surface area contributed by atoms with Crippen molar-refractivity contribution >= 4 is 23.7 Å². The Kier molecular flexibility index (Phi) is 14.9. The monoisotopic (exact) mass is 686 g/mol. The lowest BCUT2D eigenvalue weighted by Crippen LogP contribution is -2.38. The average molecular weight is 687 g/mol. The summed E-state index contributed by atoms with van der Waals surface area (Å²) in [5.74, 6) is -0.615. The number of carbonyl (C=O) groups is 4. The van der Waals surface area contributed by atoms with E-state index < -0.39 is 48.6 Å². The Labute approximate surface area is 291 Å². The second-order valence-electron chi connectivity index (χ2n) is 15.0. The van der Waals surface area contributed by atoms with E-state index in [4.69, 9.17) is 24.1 Å². The number of hydrogen-bond acceptors (Lipinski definition) is 10. The van der Waals surface area contributed by atoms with E-state index in [1.807, 2.05) is 20.8 Å².